The molecule has 0 atom stereocenters. The molecule has 4 nitrogen and oxygen atoms in total. The predicted octanol–water partition coefficient (Wildman–Crippen LogP) is 5.08. The van der Waals surface area contributed by atoms with E-state index in [2.05, 4.69) is 0 Å². The summed E-state index contributed by atoms with van der Waals surface area (Å²) in [6.45, 7) is 6.41. The summed E-state index contributed by atoms with van der Waals surface area (Å²) in [6.07, 6.45) is 7.77. The van der Waals surface area contributed by atoms with Crippen molar-refractivity contribution in [2.24, 2.45) is 0 Å². The van der Waals surface area contributed by atoms with Gasteiger partial charge in [0.1, 0.15) is 11.5 Å². The summed E-state index contributed by atoms with van der Waals surface area (Å²) < 4.78 is 11.8. The molecular weight excluding hydrogens is 314 g/mol. The molecule has 0 saturated heterocycles. The van der Waals surface area contributed by atoms with Gasteiger partial charge in [0.25, 0.3) is 0 Å². The first-order valence-corrected chi connectivity index (χ1v) is 9.24. The molecule has 3 rings (SSSR count). The normalized spacial score (nSPS) is 15.3. The van der Waals surface area contributed by atoms with Gasteiger partial charge in [0, 0.05) is 12.3 Å². The largest absolute Gasteiger partial charge is 0.492 e. The highest BCUT2D eigenvalue weighted by atomic mass is 16.5. The summed E-state index contributed by atoms with van der Waals surface area (Å²) >= 11 is 0. The van der Waals surface area contributed by atoms with E-state index in [1.807, 2.05) is 32.9 Å². The fourth-order valence-electron chi connectivity index (χ4n) is 3.73. The Bertz CT molecular complexity index is 742. The molecule has 1 saturated carbocycles. The monoisotopic (exact) mass is 341 g/mol. The number of hydrogen-bond acceptors (Lipinski definition) is 4. The van der Waals surface area contributed by atoms with Crippen LogP contribution in [0.4, 0.5) is 0 Å². The number of ether oxygens (including phenoxy) is 1. The highest BCUT2D eigenvalue weighted by Gasteiger charge is 2.22. The number of benzene rings is 1. The Morgan fingerprint density at radius 1 is 1.20 bits per heavy atom. The number of aldehydes is 1. The fourth-order valence-corrected chi connectivity index (χ4v) is 3.73. The van der Waals surface area contributed by atoms with E-state index in [-0.39, 0.29) is 0 Å². The number of aromatic nitrogens is 1. The van der Waals surface area contributed by atoms with Crippen LogP contribution in [-0.2, 0) is 6.42 Å². The molecule has 0 bridgehead atoms. The average molecular weight is 341 g/mol. The van der Waals surface area contributed by atoms with Crippen LogP contribution in [0.2, 0.25) is 0 Å². The van der Waals surface area contributed by atoms with Crippen molar-refractivity contribution in [3.63, 3.8) is 0 Å². The van der Waals surface area contributed by atoms with Gasteiger partial charge in [-0.05, 0) is 50.8 Å². The van der Waals surface area contributed by atoms with E-state index in [0.717, 1.165) is 34.8 Å². The fraction of sp³-hybridized carbons (Fsp3) is 0.524. The van der Waals surface area contributed by atoms with Crippen LogP contribution in [0, 0.1) is 20.8 Å². The molecule has 2 aromatic rings. The minimum absolute atomic E-state index is 0.475. The molecule has 0 aliphatic heterocycles. The molecule has 0 radical (unpaired) electrons. The molecule has 1 aliphatic rings. The topological polar surface area (TPSA) is 52.3 Å². The molecule has 0 amide bonds. The first-order chi connectivity index (χ1) is 12.1. The number of rotatable bonds is 6. The Hall–Kier alpha value is -2.10. The van der Waals surface area contributed by atoms with Crippen LogP contribution in [0.15, 0.2) is 16.5 Å². The lowest BCUT2D eigenvalue weighted by Gasteiger charge is -2.17. The van der Waals surface area contributed by atoms with Crippen molar-refractivity contribution in [3.8, 4) is 5.75 Å². The van der Waals surface area contributed by atoms with Gasteiger partial charge >= 0.3 is 0 Å². The van der Waals surface area contributed by atoms with Crippen molar-refractivity contribution < 1.29 is 13.9 Å². The number of carbonyl (C=O) groups is 1. The minimum Gasteiger partial charge on any atom is -0.492 e. The van der Waals surface area contributed by atoms with E-state index < -0.39 is 0 Å². The smallest absolute Gasteiger partial charge is 0.197 e. The Labute approximate surface area is 149 Å². The van der Waals surface area contributed by atoms with Crippen LogP contribution in [0.5, 0.6) is 5.75 Å². The second-order valence-corrected chi connectivity index (χ2v) is 7.11. The standard InChI is InChI=1S/C21H27NO3/c1-14-11-15(2)20(18(12-14)13-23)24-10-9-19-16(3)25-21(22-19)17-7-5-4-6-8-17/h11-13,17H,4-10H2,1-3H3. The van der Waals surface area contributed by atoms with Crippen LogP contribution in [-0.4, -0.2) is 17.9 Å². The lowest BCUT2D eigenvalue weighted by atomic mass is 9.89. The third-order valence-electron chi connectivity index (χ3n) is 5.02. The molecule has 0 unspecified atom stereocenters. The van der Waals surface area contributed by atoms with Gasteiger partial charge in [-0.1, -0.05) is 25.3 Å². The third-order valence-corrected chi connectivity index (χ3v) is 5.02. The first kappa shape index (κ1) is 17.7. The van der Waals surface area contributed by atoms with E-state index in [9.17, 15) is 4.79 Å². The number of carbonyl (C=O) groups excluding carboxylic acids is 1. The second-order valence-electron chi connectivity index (χ2n) is 7.11. The molecular formula is C21H27NO3. The second kappa shape index (κ2) is 7.85. The van der Waals surface area contributed by atoms with Crippen LogP contribution >= 0.6 is 0 Å². The van der Waals surface area contributed by atoms with Gasteiger partial charge in [-0.2, -0.15) is 0 Å². The van der Waals surface area contributed by atoms with Gasteiger partial charge in [-0.25, -0.2) is 4.98 Å². The quantitative estimate of drug-likeness (QED) is 0.687. The van der Waals surface area contributed by atoms with Crippen molar-refractivity contribution in [1.29, 1.82) is 0 Å². The first-order valence-electron chi connectivity index (χ1n) is 9.24. The Balaban J connectivity index is 1.65. The van der Waals surface area contributed by atoms with Crippen molar-refractivity contribution >= 4 is 6.29 Å². The van der Waals surface area contributed by atoms with E-state index in [1.54, 1.807) is 0 Å². The molecule has 0 N–H and O–H groups in total. The Kier molecular flexibility index (Phi) is 5.57. The number of nitrogens with zero attached hydrogens (tertiary/aromatic N) is 1. The Morgan fingerprint density at radius 2 is 1.96 bits per heavy atom. The molecule has 0 spiro atoms. The molecule has 4 heteroatoms. The third kappa shape index (κ3) is 4.12. The summed E-state index contributed by atoms with van der Waals surface area (Å²) in [5.41, 5.74) is 3.63. The zero-order chi connectivity index (χ0) is 17.8. The molecule has 1 fully saturated rings. The molecule has 1 aromatic heterocycles. The summed E-state index contributed by atoms with van der Waals surface area (Å²) in [7, 11) is 0. The van der Waals surface area contributed by atoms with Gasteiger partial charge in [-0.3, -0.25) is 4.79 Å². The zero-order valence-corrected chi connectivity index (χ0v) is 15.4. The van der Waals surface area contributed by atoms with E-state index >= 15 is 0 Å². The van der Waals surface area contributed by atoms with Gasteiger partial charge in [-0.15, -0.1) is 0 Å². The van der Waals surface area contributed by atoms with E-state index in [4.69, 9.17) is 14.1 Å². The highest BCUT2D eigenvalue weighted by Crippen LogP contribution is 2.33. The van der Waals surface area contributed by atoms with Crippen LogP contribution in [0.1, 0.15) is 76.9 Å². The van der Waals surface area contributed by atoms with Gasteiger partial charge in [0.2, 0.25) is 0 Å². The van der Waals surface area contributed by atoms with E-state index in [1.165, 1.54) is 32.1 Å². The maximum Gasteiger partial charge on any atom is 0.197 e. The molecule has 1 aromatic carbocycles. The molecule has 134 valence electrons. The lowest BCUT2D eigenvalue weighted by molar-refractivity contribution is 0.111. The number of oxazole rings is 1. The highest BCUT2D eigenvalue weighted by molar-refractivity contribution is 5.80. The SMILES string of the molecule is Cc1cc(C)c(OCCc2nc(C3CCCCC3)oc2C)c(C=O)c1. The summed E-state index contributed by atoms with van der Waals surface area (Å²) in [6, 6.07) is 3.89. The molecule has 1 aliphatic carbocycles. The van der Waals surface area contributed by atoms with Crippen LogP contribution in [0.25, 0.3) is 0 Å². The minimum atomic E-state index is 0.475. The van der Waals surface area contributed by atoms with E-state index in [0.29, 0.717) is 30.3 Å². The van der Waals surface area contributed by atoms with Crippen LogP contribution in [0.3, 0.4) is 0 Å². The Morgan fingerprint density at radius 3 is 2.68 bits per heavy atom. The van der Waals surface area contributed by atoms with Gasteiger partial charge in [0.05, 0.1) is 17.9 Å². The number of hydrogen-bond donors (Lipinski definition) is 0. The van der Waals surface area contributed by atoms with Gasteiger partial charge in [0.15, 0.2) is 12.2 Å². The van der Waals surface area contributed by atoms with Crippen molar-refractivity contribution in [2.45, 2.75) is 65.2 Å². The molecule has 1 heterocycles. The maximum absolute atomic E-state index is 11.3. The molecule has 25 heavy (non-hydrogen) atoms. The number of aryl methyl sites for hydroxylation is 3. The lowest BCUT2D eigenvalue weighted by Crippen LogP contribution is -2.07. The van der Waals surface area contributed by atoms with Crippen LogP contribution < -0.4 is 4.74 Å². The average Bonchev–Trinajstić information content (AvgIpc) is 2.98. The zero-order valence-electron chi connectivity index (χ0n) is 15.4. The van der Waals surface area contributed by atoms with Crippen molar-refractivity contribution in [1.82, 2.24) is 4.98 Å². The summed E-state index contributed by atoms with van der Waals surface area (Å²) in [5.74, 6) is 2.94. The van der Waals surface area contributed by atoms with Crippen molar-refractivity contribution in [2.75, 3.05) is 6.61 Å². The van der Waals surface area contributed by atoms with Crippen molar-refractivity contribution in [3.05, 3.63) is 46.2 Å². The predicted molar refractivity (Wildman–Crippen MR) is 97.6 cm³/mol. The van der Waals surface area contributed by atoms with Gasteiger partial charge < -0.3 is 9.15 Å². The summed E-state index contributed by atoms with van der Waals surface area (Å²) in [5, 5.41) is 0. The summed E-state index contributed by atoms with van der Waals surface area (Å²) in [4.78, 5) is 16.0. The maximum atomic E-state index is 11.3.